The van der Waals surface area contributed by atoms with Gasteiger partial charge in [-0.15, -0.1) is 12.4 Å². The third-order valence-electron chi connectivity index (χ3n) is 4.31. The van der Waals surface area contributed by atoms with Crippen LogP contribution in [0.15, 0.2) is 18.2 Å². The molecule has 0 amide bonds. The maximum atomic E-state index is 3.51. The predicted octanol–water partition coefficient (Wildman–Crippen LogP) is 3.05. The summed E-state index contributed by atoms with van der Waals surface area (Å²) in [4.78, 5) is 0. The SMILES string of the molecule is Cl.c1cc2c3c(c1)c1c(n3CCCC2)CCNC1. The van der Waals surface area contributed by atoms with Gasteiger partial charge in [-0.3, -0.25) is 0 Å². The quantitative estimate of drug-likeness (QED) is 0.772. The van der Waals surface area contributed by atoms with E-state index in [1.54, 1.807) is 22.3 Å². The molecule has 2 aliphatic heterocycles. The summed E-state index contributed by atoms with van der Waals surface area (Å²) in [6.45, 7) is 3.42. The lowest BCUT2D eigenvalue weighted by Gasteiger charge is -2.16. The van der Waals surface area contributed by atoms with Crippen LogP contribution in [0.1, 0.15) is 29.7 Å². The number of rotatable bonds is 0. The topological polar surface area (TPSA) is 17.0 Å². The fraction of sp³-hybridized carbons (Fsp3) is 0.467. The fourth-order valence-corrected chi connectivity index (χ4v) is 3.54. The molecule has 1 aromatic heterocycles. The van der Waals surface area contributed by atoms with E-state index in [1.807, 2.05) is 0 Å². The molecule has 3 heteroatoms. The lowest BCUT2D eigenvalue weighted by Crippen LogP contribution is -2.24. The summed E-state index contributed by atoms with van der Waals surface area (Å²) >= 11 is 0. The van der Waals surface area contributed by atoms with Crippen LogP contribution in [0.25, 0.3) is 10.9 Å². The molecular formula is C15H19ClN2. The van der Waals surface area contributed by atoms with Crippen LogP contribution in [0.3, 0.4) is 0 Å². The molecule has 0 fully saturated rings. The number of benzene rings is 1. The first-order valence-corrected chi connectivity index (χ1v) is 6.78. The Bertz CT molecular complexity index is 586. The van der Waals surface area contributed by atoms with Crippen LogP contribution < -0.4 is 5.32 Å². The monoisotopic (exact) mass is 262 g/mol. The van der Waals surface area contributed by atoms with Crippen LogP contribution in [-0.2, 0) is 25.9 Å². The van der Waals surface area contributed by atoms with Crippen molar-refractivity contribution in [3.63, 3.8) is 0 Å². The van der Waals surface area contributed by atoms with Gasteiger partial charge in [0.15, 0.2) is 0 Å². The largest absolute Gasteiger partial charge is 0.344 e. The van der Waals surface area contributed by atoms with Gasteiger partial charge in [-0.25, -0.2) is 0 Å². The van der Waals surface area contributed by atoms with E-state index < -0.39 is 0 Å². The van der Waals surface area contributed by atoms with Gasteiger partial charge in [-0.1, -0.05) is 18.2 Å². The molecule has 0 atom stereocenters. The Balaban J connectivity index is 0.000001000. The zero-order valence-corrected chi connectivity index (χ0v) is 11.4. The van der Waals surface area contributed by atoms with Crippen LogP contribution >= 0.6 is 12.4 Å². The summed E-state index contributed by atoms with van der Waals surface area (Å²) in [6, 6.07) is 6.87. The Kier molecular flexibility index (Phi) is 3.08. The molecule has 96 valence electrons. The number of halogens is 1. The van der Waals surface area contributed by atoms with Crippen molar-refractivity contribution >= 4 is 23.3 Å². The molecule has 0 radical (unpaired) electrons. The van der Waals surface area contributed by atoms with Crippen molar-refractivity contribution in [2.75, 3.05) is 6.54 Å². The van der Waals surface area contributed by atoms with Crippen LogP contribution in [0, 0.1) is 0 Å². The molecule has 0 spiro atoms. The van der Waals surface area contributed by atoms with Crippen molar-refractivity contribution in [2.24, 2.45) is 0 Å². The average molecular weight is 263 g/mol. The minimum atomic E-state index is 0. The first-order valence-electron chi connectivity index (χ1n) is 6.78. The zero-order chi connectivity index (χ0) is 11.2. The maximum absolute atomic E-state index is 3.51. The van der Waals surface area contributed by atoms with Crippen LogP contribution in [0.5, 0.6) is 0 Å². The zero-order valence-electron chi connectivity index (χ0n) is 10.5. The summed E-state index contributed by atoms with van der Waals surface area (Å²) in [5, 5.41) is 5.02. The molecule has 0 bridgehead atoms. The van der Waals surface area contributed by atoms with Gasteiger partial charge >= 0.3 is 0 Å². The van der Waals surface area contributed by atoms with Gasteiger partial charge in [-0.2, -0.15) is 0 Å². The van der Waals surface area contributed by atoms with Crippen molar-refractivity contribution in [2.45, 2.75) is 38.8 Å². The number of hydrogen-bond donors (Lipinski definition) is 1. The average Bonchev–Trinajstić information content (AvgIpc) is 2.56. The molecule has 0 saturated carbocycles. The Morgan fingerprint density at radius 1 is 1.11 bits per heavy atom. The smallest absolute Gasteiger partial charge is 0.0518 e. The Morgan fingerprint density at radius 3 is 3.00 bits per heavy atom. The van der Waals surface area contributed by atoms with Crippen molar-refractivity contribution in [3.8, 4) is 0 Å². The van der Waals surface area contributed by atoms with Gasteiger partial charge < -0.3 is 9.88 Å². The molecule has 2 aromatic rings. The van der Waals surface area contributed by atoms with E-state index in [0.717, 1.165) is 13.1 Å². The second kappa shape index (κ2) is 4.60. The highest BCUT2D eigenvalue weighted by molar-refractivity contribution is 5.88. The van der Waals surface area contributed by atoms with Gasteiger partial charge in [0.05, 0.1) is 5.52 Å². The summed E-state index contributed by atoms with van der Waals surface area (Å²) < 4.78 is 2.62. The standard InChI is InChI=1S/C15H18N2.ClH/c1-2-9-17-14-7-8-16-10-13(14)12-6-3-5-11(4-1)15(12)17;/h3,5-6,16H,1-2,4,7-10H2;1H. The molecular weight excluding hydrogens is 244 g/mol. The minimum absolute atomic E-state index is 0. The number of fused-ring (bicyclic) bond motifs is 3. The lowest BCUT2D eigenvalue weighted by atomic mass is 10.0. The van der Waals surface area contributed by atoms with E-state index in [0.29, 0.717) is 0 Å². The number of nitrogens with zero attached hydrogens (tertiary/aromatic N) is 1. The van der Waals surface area contributed by atoms with Gasteiger partial charge in [0, 0.05) is 37.1 Å². The van der Waals surface area contributed by atoms with Crippen molar-refractivity contribution in [1.82, 2.24) is 9.88 Å². The normalized spacial score (nSPS) is 18.0. The predicted molar refractivity (Wildman–Crippen MR) is 77.5 cm³/mol. The molecule has 0 unspecified atom stereocenters. The second-order valence-electron chi connectivity index (χ2n) is 5.27. The highest BCUT2D eigenvalue weighted by Crippen LogP contribution is 2.33. The molecule has 1 N–H and O–H groups in total. The Morgan fingerprint density at radius 2 is 2.06 bits per heavy atom. The lowest BCUT2D eigenvalue weighted by molar-refractivity contribution is 0.576. The molecule has 0 saturated heterocycles. The third kappa shape index (κ3) is 1.59. The fourth-order valence-electron chi connectivity index (χ4n) is 3.54. The van der Waals surface area contributed by atoms with Crippen LogP contribution in [0.4, 0.5) is 0 Å². The van der Waals surface area contributed by atoms with Crippen LogP contribution in [-0.4, -0.2) is 11.1 Å². The van der Waals surface area contributed by atoms with Gasteiger partial charge in [0.1, 0.15) is 0 Å². The van der Waals surface area contributed by atoms with E-state index >= 15 is 0 Å². The summed E-state index contributed by atoms with van der Waals surface area (Å²) in [6.07, 6.45) is 5.13. The summed E-state index contributed by atoms with van der Waals surface area (Å²) in [7, 11) is 0. The van der Waals surface area contributed by atoms with E-state index in [1.165, 1.54) is 37.6 Å². The van der Waals surface area contributed by atoms with Crippen molar-refractivity contribution in [1.29, 1.82) is 0 Å². The minimum Gasteiger partial charge on any atom is -0.344 e. The Hall–Kier alpha value is -0.990. The van der Waals surface area contributed by atoms with E-state index in [9.17, 15) is 0 Å². The molecule has 18 heavy (non-hydrogen) atoms. The number of aryl methyl sites for hydroxylation is 2. The summed E-state index contributed by atoms with van der Waals surface area (Å²) in [5.74, 6) is 0. The first kappa shape index (κ1) is 12.1. The molecule has 3 heterocycles. The van der Waals surface area contributed by atoms with E-state index in [2.05, 4.69) is 28.1 Å². The van der Waals surface area contributed by atoms with Crippen molar-refractivity contribution < 1.29 is 0 Å². The van der Waals surface area contributed by atoms with Gasteiger partial charge in [-0.05, 0) is 30.4 Å². The summed E-state index contributed by atoms with van der Waals surface area (Å²) in [5.41, 5.74) is 6.27. The molecule has 1 aromatic carbocycles. The first-order chi connectivity index (χ1) is 8.45. The van der Waals surface area contributed by atoms with Crippen LogP contribution in [0.2, 0.25) is 0 Å². The maximum Gasteiger partial charge on any atom is 0.0518 e. The highest BCUT2D eigenvalue weighted by Gasteiger charge is 2.22. The van der Waals surface area contributed by atoms with E-state index in [-0.39, 0.29) is 12.4 Å². The molecule has 2 aliphatic rings. The van der Waals surface area contributed by atoms with E-state index in [4.69, 9.17) is 0 Å². The number of hydrogen-bond acceptors (Lipinski definition) is 1. The second-order valence-corrected chi connectivity index (χ2v) is 5.27. The molecule has 4 rings (SSSR count). The molecule has 0 aliphatic carbocycles. The highest BCUT2D eigenvalue weighted by atomic mass is 35.5. The number of aromatic nitrogens is 1. The number of nitrogens with one attached hydrogen (secondary N) is 1. The third-order valence-corrected chi connectivity index (χ3v) is 4.31. The van der Waals surface area contributed by atoms with Crippen molar-refractivity contribution in [3.05, 3.63) is 35.0 Å². The van der Waals surface area contributed by atoms with Gasteiger partial charge in [0.2, 0.25) is 0 Å². The Labute approximate surface area is 114 Å². The number of para-hydroxylation sites is 1. The van der Waals surface area contributed by atoms with Gasteiger partial charge in [0.25, 0.3) is 0 Å². The molecule has 2 nitrogen and oxygen atoms in total.